The van der Waals surface area contributed by atoms with Crippen LogP contribution in [0.25, 0.3) is 0 Å². The van der Waals surface area contributed by atoms with Gasteiger partial charge in [-0.2, -0.15) is 0 Å². The number of hydrogen-bond acceptors (Lipinski definition) is 3. The summed E-state index contributed by atoms with van der Waals surface area (Å²) < 4.78 is 4.94. The van der Waals surface area contributed by atoms with Crippen molar-refractivity contribution in [3.05, 3.63) is 11.6 Å². The summed E-state index contributed by atoms with van der Waals surface area (Å²) in [6.45, 7) is 2.14. The third-order valence-corrected chi connectivity index (χ3v) is 4.79. The maximum Gasteiger partial charge on any atom is 0.309 e. The molecule has 3 atom stereocenters. The Labute approximate surface area is 121 Å². The number of ketones is 1. The molecular weight excluding hydrogens is 252 g/mol. The Hall–Kier alpha value is -1.12. The number of ether oxygens (including phenoxy) is 1. The van der Waals surface area contributed by atoms with Crippen LogP contribution in [0.15, 0.2) is 11.6 Å². The number of fused-ring (bicyclic) bond motifs is 1. The van der Waals surface area contributed by atoms with Gasteiger partial charge in [-0.15, -0.1) is 0 Å². The number of hydrogen-bond donors (Lipinski definition) is 0. The van der Waals surface area contributed by atoms with Crippen molar-refractivity contribution in [1.29, 1.82) is 0 Å². The Kier molecular flexibility index (Phi) is 5.38. The first-order valence-electron chi connectivity index (χ1n) is 8.01. The molecule has 20 heavy (non-hydrogen) atoms. The largest absolute Gasteiger partial charge is 0.469 e. The molecule has 3 nitrogen and oxygen atoms in total. The summed E-state index contributed by atoms with van der Waals surface area (Å²) in [5.41, 5.74) is 0.970. The minimum absolute atomic E-state index is 0.144. The van der Waals surface area contributed by atoms with Crippen LogP contribution in [0.5, 0.6) is 0 Å². The first-order valence-corrected chi connectivity index (χ1v) is 8.01. The van der Waals surface area contributed by atoms with Crippen molar-refractivity contribution in [1.82, 2.24) is 0 Å². The minimum atomic E-state index is -0.229. The van der Waals surface area contributed by atoms with E-state index in [-0.39, 0.29) is 29.5 Å². The standard InChI is InChI=1S/C17H26O3/c1-3-4-8-13-11-12-9-6-5-7-10-14(17(19)20-2)15(12)16(13)18/h11-12,14-15H,3-10H2,1-2H3/t12-,14+,15-/m1/s1. The molecule has 0 aromatic heterocycles. The quantitative estimate of drug-likeness (QED) is 0.737. The van der Waals surface area contributed by atoms with E-state index >= 15 is 0 Å². The highest BCUT2D eigenvalue weighted by Gasteiger charge is 2.43. The number of rotatable bonds is 4. The van der Waals surface area contributed by atoms with E-state index < -0.39 is 0 Å². The van der Waals surface area contributed by atoms with Crippen LogP contribution in [0.1, 0.15) is 58.3 Å². The molecule has 1 saturated carbocycles. The average Bonchev–Trinajstić information content (AvgIpc) is 2.72. The fourth-order valence-corrected chi connectivity index (χ4v) is 3.69. The molecule has 0 amide bonds. The fraction of sp³-hybridized carbons (Fsp3) is 0.765. The second-order valence-electron chi connectivity index (χ2n) is 6.12. The molecule has 0 saturated heterocycles. The van der Waals surface area contributed by atoms with Gasteiger partial charge < -0.3 is 4.74 Å². The van der Waals surface area contributed by atoms with Gasteiger partial charge in [-0.3, -0.25) is 9.59 Å². The van der Waals surface area contributed by atoms with Gasteiger partial charge in [0.15, 0.2) is 5.78 Å². The molecule has 112 valence electrons. The van der Waals surface area contributed by atoms with Crippen molar-refractivity contribution < 1.29 is 14.3 Å². The average molecular weight is 278 g/mol. The van der Waals surface area contributed by atoms with E-state index in [4.69, 9.17) is 4.74 Å². The van der Waals surface area contributed by atoms with E-state index in [0.29, 0.717) is 0 Å². The molecular formula is C17H26O3. The Bertz CT molecular complexity index is 397. The first-order chi connectivity index (χ1) is 9.69. The number of allylic oxidation sites excluding steroid dienone is 2. The molecule has 0 unspecified atom stereocenters. The van der Waals surface area contributed by atoms with Crippen LogP contribution in [0, 0.1) is 17.8 Å². The highest BCUT2D eigenvalue weighted by atomic mass is 16.5. The van der Waals surface area contributed by atoms with Crippen LogP contribution in [-0.2, 0) is 14.3 Å². The molecule has 0 aliphatic heterocycles. The molecule has 1 fully saturated rings. The van der Waals surface area contributed by atoms with E-state index in [1.165, 1.54) is 13.5 Å². The molecule has 0 heterocycles. The van der Waals surface area contributed by atoms with Gasteiger partial charge >= 0.3 is 5.97 Å². The SMILES string of the molecule is CCCCC1=C[C@H]2CCCCC[C@H](C(=O)OC)[C@@H]2C1=O. The summed E-state index contributed by atoms with van der Waals surface area (Å²) >= 11 is 0. The highest BCUT2D eigenvalue weighted by molar-refractivity contribution is 6.02. The van der Waals surface area contributed by atoms with Crippen molar-refractivity contribution in [3.8, 4) is 0 Å². The Balaban J connectivity index is 2.18. The lowest BCUT2D eigenvalue weighted by molar-refractivity contribution is -0.150. The predicted molar refractivity (Wildman–Crippen MR) is 78.2 cm³/mol. The number of carbonyl (C=O) groups is 2. The van der Waals surface area contributed by atoms with Gasteiger partial charge in [-0.1, -0.05) is 38.7 Å². The van der Waals surface area contributed by atoms with Crippen LogP contribution in [0.4, 0.5) is 0 Å². The van der Waals surface area contributed by atoms with E-state index in [1.54, 1.807) is 0 Å². The lowest BCUT2D eigenvalue weighted by atomic mass is 9.75. The van der Waals surface area contributed by atoms with Crippen LogP contribution >= 0.6 is 0 Å². The molecule has 0 spiro atoms. The second-order valence-corrected chi connectivity index (χ2v) is 6.12. The van der Waals surface area contributed by atoms with Crippen molar-refractivity contribution in [3.63, 3.8) is 0 Å². The second kappa shape index (κ2) is 7.05. The molecule has 2 rings (SSSR count). The van der Waals surface area contributed by atoms with Crippen molar-refractivity contribution in [2.24, 2.45) is 17.8 Å². The van der Waals surface area contributed by atoms with Crippen LogP contribution < -0.4 is 0 Å². The number of Topliss-reactive ketones (excluding diaryl/α,β-unsaturated/α-hetero) is 1. The van der Waals surface area contributed by atoms with E-state index in [9.17, 15) is 9.59 Å². The molecule has 0 aromatic rings. The molecule has 0 N–H and O–H groups in total. The molecule has 3 heteroatoms. The number of esters is 1. The van der Waals surface area contributed by atoms with Gasteiger partial charge in [0.25, 0.3) is 0 Å². The number of carbonyl (C=O) groups excluding carboxylic acids is 2. The zero-order valence-electron chi connectivity index (χ0n) is 12.7. The lowest BCUT2D eigenvalue weighted by Gasteiger charge is -2.28. The van der Waals surface area contributed by atoms with Gasteiger partial charge in [0, 0.05) is 5.92 Å². The first kappa shape index (κ1) is 15.3. The monoisotopic (exact) mass is 278 g/mol. The summed E-state index contributed by atoms with van der Waals surface area (Å²) in [5.74, 6) is -0.0809. The molecule has 2 aliphatic rings. The Morgan fingerprint density at radius 1 is 1.30 bits per heavy atom. The molecule has 0 aromatic carbocycles. The summed E-state index contributed by atoms with van der Waals surface area (Å²) in [6, 6.07) is 0. The summed E-state index contributed by atoms with van der Waals surface area (Å²) in [6.07, 6.45) is 10.4. The maximum absolute atomic E-state index is 12.7. The Morgan fingerprint density at radius 2 is 2.05 bits per heavy atom. The van der Waals surface area contributed by atoms with E-state index in [0.717, 1.165) is 50.5 Å². The topological polar surface area (TPSA) is 43.4 Å². The summed E-state index contributed by atoms with van der Waals surface area (Å²) in [7, 11) is 1.43. The third kappa shape index (κ3) is 3.13. The van der Waals surface area contributed by atoms with Gasteiger partial charge in [-0.05, 0) is 37.2 Å². The van der Waals surface area contributed by atoms with Crippen LogP contribution in [-0.4, -0.2) is 18.9 Å². The van der Waals surface area contributed by atoms with Crippen LogP contribution in [0.3, 0.4) is 0 Å². The van der Waals surface area contributed by atoms with Crippen LogP contribution in [0.2, 0.25) is 0 Å². The van der Waals surface area contributed by atoms with Gasteiger partial charge in [-0.25, -0.2) is 0 Å². The lowest BCUT2D eigenvalue weighted by Crippen LogP contribution is -2.34. The van der Waals surface area contributed by atoms with Crippen molar-refractivity contribution in [2.75, 3.05) is 7.11 Å². The minimum Gasteiger partial charge on any atom is -0.469 e. The highest BCUT2D eigenvalue weighted by Crippen LogP contribution is 2.41. The number of methoxy groups -OCH3 is 1. The fourth-order valence-electron chi connectivity index (χ4n) is 3.69. The van der Waals surface area contributed by atoms with Gasteiger partial charge in [0.1, 0.15) is 0 Å². The molecule has 0 bridgehead atoms. The Morgan fingerprint density at radius 3 is 2.75 bits per heavy atom. The van der Waals surface area contributed by atoms with Gasteiger partial charge in [0.2, 0.25) is 0 Å². The van der Waals surface area contributed by atoms with Gasteiger partial charge in [0.05, 0.1) is 13.0 Å². The van der Waals surface area contributed by atoms with Crippen molar-refractivity contribution in [2.45, 2.75) is 58.3 Å². The molecule has 2 aliphatic carbocycles. The van der Waals surface area contributed by atoms with E-state index in [2.05, 4.69) is 13.0 Å². The summed E-state index contributed by atoms with van der Waals surface area (Å²) in [5, 5.41) is 0. The molecule has 0 radical (unpaired) electrons. The zero-order valence-corrected chi connectivity index (χ0v) is 12.7. The van der Waals surface area contributed by atoms with E-state index in [1.807, 2.05) is 0 Å². The maximum atomic E-state index is 12.7. The van der Waals surface area contributed by atoms with Crippen molar-refractivity contribution >= 4 is 11.8 Å². The predicted octanol–water partition coefficient (Wildman–Crippen LogP) is 3.67. The number of unbranched alkanes of at least 4 members (excludes halogenated alkanes) is 1. The summed E-state index contributed by atoms with van der Waals surface area (Å²) in [4.78, 5) is 24.7. The third-order valence-electron chi connectivity index (χ3n) is 4.79. The normalized spacial score (nSPS) is 30.2. The zero-order chi connectivity index (χ0) is 14.5. The smallest absolute Gasteiger partial charge is 0.309 e.